The normalized spacial score (nSPS) is 21.8. The van der Waals surface area contributed by atoms with Crippen molar-refractivity contribution >= 4 is 5.69 Å². The lowest BCUT2D eigenvalue weighted by molar-refractivity contribution is 0.586. The van der Waals surface area contributed by atoms with Gasteiger partial charge in [0.15, 0.2) is 0 Å². The van der Waals surface area contributed by atoms with Crippen molar-refractivity contribution in [1.82, 2.24) is 0 Å². The Morgan fingerprint density at radius 1 is 1.18 bits per heavy atom. The second-order valence-corrected chi connectivity index (χ2v) is 5.69. The summed E-state index contributed by atoms with van der Waals surface area (Å²) in [5.74, 6) is 0. The first-order chi connectivity index (χ1) is 8.27. The minimum Gasteiger partial charge on any atom is -0.371 e. The van der Waals surface area contributed by atoms with E-state index in [1.807, 2.05) is 0 Å². The third kappa shape index (κ3) is 2.47. The fraction of sp³-hybridized carbons (Fsp3) is 0.600. The highest BCUT2D eigenvalue weighted by atomic mass is 15.1. The maximum Gasteiger partial charge on any atom is 0.0398 e. The van der Waals surface area contributed by atoms with E-state index in [2.05, 4.69) is 29.2 Å². The van der Waals surface area contributed by atoms with Crippen molar-refractivity contribution in [3.05, 3.63) is 29.8 Å². The molecule has 0 bridgehead atoms. The van der Waals surface area contributed by atoms with Crippen LogP contribution in [0, 0.1) is 0 Å². The number of nitrogens with two attached hydrogens (primary N) is 1. The molecule has 2 heteroatoms. The van der Waals surface area contributed by atoms with Crippen molar-refractivity contribution in [1.29, 1.82) is 0 Å². The van der Waals surface area contributed by atoms with Gasteiger partial charge in [-0.2, -0.15) is 0 Å². The molecule has 0 atom stereocenters. The van der Waals surface area contributed by atoms with Gasteiger partial charge in [0.25, 0.3) is 0 Å². The zero-order valence-corrected chi connectivity index (χ0v) is 10.5. The van der Waals surface area contributed by atoms with Gasteiger partial charge in [-0.25, -0.2) is 0 Å². The van der Waals surface area contributed by atoms with E-state index in [4.69, 9.17) is 5.73 Å². The first-order valence-corrected chi connectivity index (χ1v) is 6.89. The summed E-state index contributed by atoms with van der Waals surface area (Å²) < 4.78 is 0. The van der Waals surface area contributed by atoms with Crippen molar-refractivity contribution in [2.75, 3.05) is 18.0 Å². The summed E-state index contributed by atoms with van der Waals surface area (Å²) in [6.07, 6.45) is 7.47. The molecule has 92 valence electrons. The number of hydrogen-bond acceptors (Lipinski definition) is 2. The van der Waals surface area contributed by atoms with E-state index >= 15 is 0 Å². The molecule has 1 saturated carbocycles. The first-order valence-electron chi connectivity index (χ1n) is 6.89. The Morgan fingerprint density at radius 3 is 2.82 bits per heavy atom. The Morgan fingerprint density at radius 2 is 2.00 bits per heavy atom. The summed E-state index contributed by atoms with van der Waals surface area (Å²) in [6.45, 7) is 2.33. The Balaban J connectivity index is 1.74. The molecular weight excluding hydrogens is 208 g/mol. The van der Waals surface area contributed by atoms with Gasteiger partial charge in [0.05, 0.1) is 0 Å². The van der Waals surface area contributed by atoms with Crippen molar-refractivity contribution in [3.8, 4) is 0 Å². The second kappa shape index (κ2) is 4.34. The predicted octanol–water partition coefficient (Wildman–Crippen LogP) is 2.71. The van der Waals surface area contributed by atoms with Crippen molar-refractivity contribution in [2.24, 2.45) is 5.73 Å². The Labute approximate surface area is 104 Å². The molecule has 0 radical (unpaired) electrons. The van der Waals surface area contributed by atoms with E-state index in [1.54, 1.807) is 0 Å². The van der Waals surface area contributed by atoms with E-state index in [-0.39, 0.29) is 5.54 Å². The van der Waals surface area contributed by atoms with Gasteiger partial charge < -0.3 is 10.6 Å². The fourth-order valence-corrected chi connectivity index (χ4v) is 2.77. The van der Waals surface area contributed by atoms with Gasteiger partial charge in [0.1, 0.15) is 0 Å². The SMILES string of the molecule is NC1(CCN2CCCCc3ccccc32)CC1. The average Bonchev–Trinajstić information content (AvgIpc) is 3.10. The minimum atomic E-state index is 0.182. The van der Waals surface area contributed by atoms with Gasteiger partial charge in [0, 0.05) is 24.3 Å². The average molecular weight is 230 g/mol. The van der Waals surface area contributed by atoms with E-state index in [1.165, 1.54) is 49.9 Å². The van der Waals surface area contributed by atoms with Gasteiger partial charge >= 0.3 is 0 Å². The van der Waals surface area contributed by atoms with E-state index in [0.717, 1.165) is 13.0 Å². The number of anilines is 1. The summed E-state index contributed by atoms with van der Waals surface area (Å²) in [4.78, 5) is 2.55. The predicted molar refractivity (Wildman–Crippen MR) is 72.4 cm³/mol. The van der Waals surface area contributed by atoms with Crippen LogP contribution in [0.25, 0.3) is 0 Å². The first kappa shape index (κ1) is 11.1. The lowest BCUT2D eigenvalue weighted by atomic mass is 10.1. The molecule has 0 amide bonds. The van der Waals surface area contributed by atoms with Crippen LogP contribution in [0.4, 0.5) is 5.69 Å². The van der Waals surface area contributed by atoms with Crippen LogP contribution in [0.2, 0.25) is 0 Å². The second-order valence-electron chi connectivity index (χ2n) is 5.69. The monoisotopic (exact) mass is 230 g/mol. The molecule has 1 aromatic carbocycles. The van der Waals surface area contributed by atoms with Crippen molar-refractivity contribution in [2.45, 2.75) is 44.1 Å². The number of aryl methyl sites for hydroxylation is 1. The fourth-order valence-electron chi connectivity index (χ4n) is 2.77. The minimum absolute atomic E-state index is 0.182. The lowest BCUT2D eigenvalue weighted by Gasteiger charge is -2.26. The summed E-state index contributed by atoms with van der Waals surface area (Å²) in [7, 11) is 0. The van der Waals surface area contributed by atoms with Gasteiger partial charge in [0.2, 0.25) is 0 Å². The molecule has 0 spiro atoms. The summed E-state index contributed by atoms with van der Waals surface area (Å²) in [5, 5.41) is 0. The highest BCUT2D eigenvalue weighted by Crippen LogP contribution is 2.36. The van der Waals surface area contributed by atoms with Crippen LogP contribution in [0.5, 0.6) is 0 Å². The van der Waals surface area contributed by atoms with Crippen LogP contribution in [-0.2, 0) is 6.42 Å². The molecule has 1 heterocycles. The number of para-hydroxylation sites is 1. The highest BCUT2D eigenvalue weighted by Gasteiger charge is 2.37. The Hall–Kier alpha value is -1.02. The Bertz CT molecular complexity index is 396. The zero-order chi connectivity index (χ0) is 11.7. The summed E-state index contributed by atoms with van der Waals surface area (Å²) in [6, 6.07) is 8.87. The maximum atomic E-state index is 6.20. The van der Waals surface area contributed by atoms with Gasteiger partial charge in [-0.15, -0.1) is 0 Å². The standard InChI is InChI=1S/C15H22N2/c16-15(8-9-15)10-12-17-11-4-3-6-13-5-1-2-7-14(13)17/h1-2,5,7H,3-4,6,8-12,16H2. The van der Waals surface area contributed by atoms with Crippen LogP contribution in [0.3, 0.4) is 0 Å². The number of rotatable bonds is 3. The third-order valence-corrected chi connectivity index (χ3v) is 4.23. The van der Waals surface area contributed by atoms with Crippen LogP contribution in [0.15, 0.2) is 24.3 Å². The van der Waals surface area contributed by atoms with Crippen molar-refractivity contribution in [3.63, 3.8) is 0 Å². The third-order valence-electron chi connectivity index (χ3n) is 4.23. The zero-order valence-electron chi connectivity index (χ0n) is 10.5. The van der Waals surface area contributed by atoms with Gasteiger partial charge in [-0.3, -0.25) is 0 Å². The molecule has 2 nitrogen and oxygen atoms in total. The molecular formula is C15H22N2. The molecule has 0 saturated heterocycles. The molecule has 0 aromatic heterocycles. The van der Waals surface area contributed by atoms with E-state index < -0.39 is 0 Å². The molecule has 2 N–H and O–H groups in total. The highest BCUT2D eigenvalue weighted by molar-refractivity contribution is 5.54. The van der Waals surface area contributed by atoms with Crippen LogP contribution in [0.1, 0.15) is 37.7 Å². The number of benzene rings is 1. The molecule has 17 heavy (non-hydrogen) atoms. The van der Waals surface area contributed by atoms with Crippen molar-refractivity contribution < 1.29 is 0 Å². The molecule has 2 aliphatic rings. The molecule has 1 aliphatic heterocycles. The van der Waals surface area contributed by atoms with Gasteiger partial charge in [-0.05, 0) is 50.2 Å². The summed E-state index contributed by atoms with van der Waals surface area (Å²) >= 11 is 0. The largest absolute Gasteiger partial charge is 0.371 e. The molecule has 1 fully saturated rings. The number of nitrogens with zero attached hydrogens (tertiary/aromatic N) is 1. The molecule has 0 unspecified atom stereocenters. The number of fused-ring (bicyclic) bond motifs is 1. The van der Waals surface area contributed by atoms with E-state index in [9.17, 15) is 0 Å². The van der Waals surface area contributed by atoms with E-state index in [0.29, 0.717) is 0 Å². The quantitative estimate of drug-likeness (QED) is 0.865. The lowest BCUT2D eigenvalue weighted by Crippen LogP contribution is -2.32. The van der Waals surface area contributed by atoms with Gasteiger partial charge in [-0.1, -0.05) is 18.2 Å². The molecule has 1 aliphatic carbocycles. The molecule has 3 rings (SSSR count). The van der Waals surface area contributed by atoms with Crippen LogP contribution >= 0.6 is 0 Å². The molecule has 1 aromatic rings. The maximum absolute atomic E-state index is 6.20. The number of hydrogen-bond donors (Lipinski definition) is 1. The Kier molecular flexibility index (Phi) is 2.83. The van der Waals surface area contributed by atoms with Crippen LogP contribution < -0.4 is 10.6 Å². The topological polar surface area (TPSA) is 29.3 Å². The summed E-state index contributed by atoms with van der Waals surface area (Å²) in [5.41, 5.74) is 9.35. The smallest absolute Gasteiger partial charge is 0.0398 e. The van der Waals surface area contributed by atoms with Crippen LogP contribution in [-0.4, -0.2) is 18.6 Å².